The maximum absolute atomic E-state index is 11.1. The molecule has 0 radical (unpaired) electrons. The molecule has 3 nitrogen and oxygen atoms in total. The first-order chi connectivity index (χ1) is 7.64. The monoisotopic (exact) mass is 259 g/mol. The SMILES string of the molecule is CC1(C)CCSCC1N(CC(=O)O)C(C)(C)C. The zero-order valence-electron chi connectivity index (χ0n) is 11.6. The highest BCUT2D eigenvalue weighted by atomic mass is 32.2. The summed E-state index contributed by atoms with van der Waals surface area (Å²) in [6, 6.07) is 0.345. The third-order valence-corrected chi connectivity index (χ3v) is 4.66. The van der Waals surface area contributed by atoms with Crippen molar-refractivity contribution >= 4 is 17.7 Å². The van der Waals surface area contributed by atoms with Crippen LogP contribution in [0.1, 0.15) is 41.0 Å². The summed E-state index contributed by atoms with van der Waals surface area (Å²) in [7, 11) is 0. The van der Waals surface area contributed by atoms with Crippen LogP contribution in [0, 0.1) is 5.41 Å². The molecule has 1 unspecified atom stereocenters. The molecule has 17 heavy (non-hydrogen) atoms. The second-order valence-electron chi connectivity index (χ2n) is 6.52. The molecule has 0 bridgehead atoms. The summed E-state index contributed by atoms with van der Waals surface area (Å²) in [6.07, 6.45) is 1.16. The van der Waals surface area contributed by atoms with Crippen LogP contribution in [0.2, 0.25) is 0 Å². The van der Waals surface area contributed by atoms with E-state index in [2.05, 4.69) is 39.5 Å². The highest BCUT2D eigenvalue weighted by molar-refractivity contribution is 7.99. The fourth-order valence-corrected chi connectivity index (χ4v) is 4.09. The fourth-order valence-electron chi connectivity index (χ4n) is 2.39. The molecule has 1 saturated heterocycles. The minimum absolute atomic E-state index is 0.0990. The smallest absolute Gasteiger partial charge is 0.317 e. The first kappa shape index (κ1) is 14.8. The summed E-state index contributed by atoms with van der Waals surface area (Å²) < 4.78 is 0. The lowest BCUT2D eigenvalue weighted by Crippen LogP contribution is -2.58. The van der Waals surface area contributed by atoms with Crippen molar-refractivity contribution in [1.29, 1.82) is 0 Å². The Morgan fingerprint density at radius 3 is 2.47 bits per heavy atom. The highest BCUT2D eigenvalue weighted by Crippen LogP contribution is 2.39. The van der Waals surface area contributed by atoms with Crippen molar-refractivity contribution in [3.8, 4) is 0 Å². The van der Waals surface area contributed by atoms with E-state index >= 15 is 0 Å². The summed E-state index contributed by atoms with van der Waals surface area (Å²) >= 11 is 1.94. The first-order valence-electron chi connectivity index (χ1n) is 6.21. The van der Waals surface area contributed by atoms with E-state index in [9.17, 15) is 4.79 Å². The van der Waals surface area contributed by atoms with Crippen LogP contribution in [0.3, 0.4) is 0 Å². The van der Waals surface area contributed by atoms with Gasteiger partial charge in [-0.25, -0.2) is 0 Å². The maximum Gasteiger partial charge on any atom is 0.317 e. The van der Waals surface area contributed by atoms with Gasteiger partial charge in [0.1, 0.15) is 0 Å². The third kappa shape index (κ3) is 3.88. The van der Waals surface area contributed by atoms with Crippen LogP contribution in [-0.4, -0.2) is 45.6 Å². The van der Waals surface area contributed by atoms with E-state index in [1.54, 1.807) is 0 Å². The Hall–Kier alpha value is -0.220. The number of thioether (sulfide) groups is 1. The Kier molecular flexibility index (Phi) is 4.53. The number of carbonyl (C=O) groups is 1. The maximum atomic E-state index is 11.1. The third-order valence-electron chi connectivity index (χ3n) is 3.61. The molecule has 4 heteroatoms. The fraction of sp³-hybridized carbons (Fsp3) is 0.923. The quantitative estimate of drug-likeness (QED) is 0.846. The topological polar surface area (TPSA) is 40.5 Å². The van der Waals surface area contributed by atoms with Gasteiger partial charge in [-0.1, -0.05) is 13.8 Å². The normalized spacial score (nSPS) is 24.9. The average Bonchev–Trinajstić information content (AvgIpc) is 2.12. The van der Waals surface area contributed by atoms with Gasteiger partial charge in [-0.15, -0.1) is 0 Å². The van der Waals surface area contributed by atoms with E-state index in [1.807, 2.05) is 11.8 Å². The largest absolute Gasteiger partial charge is 0.480 e. The molecule has 0 saturated carbocycles. The summed E-state index contributed by atoms with van der Waals surface area (Å²) in [6.45, 7) is 11.0. The lowest BCUT2D eigenvalue weighted by molar-refractivity contribution is -0.141. The molecule has 1 rings (SSSR count). The Morgan fingerprint density at radius 2 is 2.06 bits per heavy atom. The van der Waals surface area contributed by atoms with Crippen LogP contribution in [0.5, 0.6) is 0 Å². The lowest BCUT2D eigenvalue weighted by atomic mass is 9.79. The predicted molar refractivity (Wildman–Crippen MR) is 73.6 cm³/mol. The van der Waals surface area contributed by atoms with Crippen LogP contribution in [0.25, 0.3) is 0 Å². The van der Waals surface area contributed by atoms with Gasteiger partial charge in [0.15, 0.2) is 0 Å². The van der Waals surface area contributed by atoms with Crippen molar-refractivity contribution in [3.05, 3.63) is 0 Å². The van der Waals surface area contributed by atoms with Gasteiger partial charge in [-0.3, -0.25) is 9.69 Å². The molecule has 1 fully saturated rings. The summed E-state index contributed by atoms with van der Waals surface area (Å²) in [5.74, 6) is 1.50. The molecular weight excluding hydrogens is 234 g/mol. The second-order valence-corrected chi connectivity index (χ2v) is 7.67. The van der Waals surface area contributed by atoms with Crippen LogP contribution in [-0.2, 0) is 4.79 Å². The Balaban J connectivity index is 2.92. The molecule has 0 amide bonds. The molecule has 100 valence electrons. The summed E-state index contributed by atoms with van der Waals surface area (Å²) in [5.41, 5.74) is 0.103. The Morgan fingerprint density at radius 1 is 1.47 bits per heavy atom. The molecule has 0 aromatic carbocycles. The number of nitrogens with zero attached hydrogens (tertiary/aromatic N) is 1. The summed E-state index contributed by atoms with van der Waals surface area (Å²) in [4.78, 5) is 13.2. The number of carboxylic acid groups (broad SMARTS) is 1. The zero-order chi connectivity index (χ0) is 13.3. The van der Waals surface area contributed by atoms with Crippen molar-refractivity contribution < 1.29 is 9.90 Å². The van der Waals surface area contributed by atoms with E-state index in [1.165, 1.54) is 5.75 Å². The Bertz CT molecular complexity index is 284. The molecule has 1 atom stereocenters. The zero-order valence-corrected chi connectivity index (χ0v) is 12.4. The molecule has 1 aliphatic heterocycles. The van der Waals surface area contributed by atoms with Crippen molar-refractivity contribution in [2.24, 2.45) is 5.41 Å². The first-order valence-corrected chi connectivity index (χ1v) is 7.36. The molecule has 0 aromatic heterocycles. The molecule has 1 N–H and O–H groups in total. The van der Waals surface area contributed by atoms with Crippen LogP contribution in [0.4, 0.5) is 0 Å². The number of hydrogen-bond donors (Lipinski definition) is 1. The van der Waals surface area contributed by atoms with Gasteiger partial charge in [-0.2, -0.15) is 11.8 Å². The minimum atomic E-state index is -0.730. The Labute approximate surface area is 109 Å². The number of aliphatic carboxylic acids is 1. The predicted octanol–water partition coefficient (Wildman–Crippen LogP) is 2.70. The van der Waals surface area contributed by atoms with Gasteiger partial charge in [0.25, 0.3) is 0 Å². The van der Waals surface area contributed by atoms with Crippen molar-refractivity contribution in [1.82, 2.24) is 4.90 Å². The van der Waals surface area contributed by atoms with Crippen LogP contribution in [0.15, 0.2) is 0 Å². The standard InChI is InChI=1S/C13H25NO2S/c1-12(2,3)14(8-11(15)16)10-9-17-7-6-13(10,4)5/h10H,6-9H2,1-5H3,(H,15,16). The highest BCUT2D eigenvalue weighted by Gasteiger charge is 2.41. The van der Waals surface area contributed by atoms with Gasteiger partial charge in [0.05, 0.1) is 6.54 Å². The van der Waals surface area contributed by atoms with E-state index in [0.29, 0.717) is 6.04 Å². The van der Waals surface area contributed by atoms with E-state index in [-0.39, 0.29) is 17.5 Å². The molecule has 1 aliphatic rings. The minimum Gasteiger partial charge on any atom is -0.480 e. The van der Waals surface area contributed by atoms with Crippen LogP contribution < -0.4 is 0 Å². The van der Waals surface area contributed by atoms with Crippen LogP contribution >= 0.6 is 11.8 Å². The molecule has 1 heterocycles. The number of carboxylic acids is 1. The lowest BCUT2D eigenvalue weighted by Gasteiger charge is -2.49. The number of hydrogen-bond acceptors (Lipinski definition) is 3. The van der Waals surface area contributed by atoms with Gasteiger partial charge in [0.2, 0.25) is 0 Å². The molecule has 0 spiro atoms. The summed E-state index contributed by atoms with van der Waals surface area (Å²) in [5, 5.41) is 9.10. The second kappa shape index (κ2) is 5.19. The van der Waals surface area contributed by atoms with Gasteiger partial charge < -0.3 is 5.11 Å². The van der Waals surface area contributed by atoms with Crippen molar-refractivity contribution in [3.63, 3.8) is 0 Å². The molecule has 0 aliphatic carbocycles. The average molecular weight is 259 g/mol. The number of rotatable bonds is 3. The van der Waals surface area contributed by atoms with Crippen molar-refractivity contribution in [2.45, 2.75) is 52.6 Å². The van der Waals surface area contributed by atoms with E-state index in [0.717, 1.165) is 12.2 Å². The van der Waals surface area contributed by atoms with Crippen molar-refractivity contribution in [2.75, 3.05) is 18.1 Å². The van der Waals surface area contributed by atoms with E-state index < -0.39 is 5.97 Å². The van der Waals surface area contributed by atoms with Gasteiger partial charge in [-0.05, 0) is 38.4 Å². The van der Waals surface area contributed by atoms with Gasteiger partial charge in [0, 0.05) is 17.3 Å². The molecule has 0 aromatic rings. The molecular formula is C13H25NO2S. The van der Waals surface area contributed by atoms with E-state index in [4.69, 9.17) is 5.11 Å². The van der Waals surface area contributed by atoms with Gasteiger partial charge >= 0.3 is 5.97 Å².